The van der Waals surface area contributed by atoms with E-state index < -0.39 is 0 Å². The van der Waals surface area contributed by atoms with Crippen LogP contribution in [-0.2, 0) is 4.79 Å². The molecule has 0 spiro atoms. The second kappa shape index (κ2) is 18.5. The molecule has 0 heterocycles. The van der Waals surface area contributed by atoms with Gasteiger partial charge in [0.1, 0.15) is 5.78 Å². The minimum atomic E-state index is 0.167. The average molecular weight is 258 g/mol. The quantitative estimate of drug-likeness (QED) is 0.619. The molecule has 0 aliphatic rings. The number of rotatable bonds is 0. The van der Waals surface area contributed by atoms with Crippen LogP contribution in [0.25, 0.3) is 0 Å². The van der Waals surface area contributed by atoms with Crippen LogP contribution in [0.15, 0.2) is 72.8 Å². The number of ketones is 1. The van der Waals surface area contributed by atoms with E-state index >= 15 is 0 Å². The first-order valence-corrected chi connectivity index (χ1v) is 6.62. The Morgan fingerprint density at radius 3 is 0.684 bits per heavy atom. The minimum Gasteiger partial charge on any atom is -0.300 e. The molecular weight excluding hydrogens is 232 g/mol. The minimum absolute atomic E-state index is 0.167. The standard InChI is InChI=1S/2C6H6.C3H6O.C3H8/c2*1-2-4-6-5-3-1;1-3(2)4;1-3-2/h2*1-6H;1-2H3;3H2,1-2H3. The normalized spacial score (nSPS) is 7.37. The zero-order valence-electron chi connectivity index (χ0n) is 12.5. The van der Waals surface area contributed by atoms with Crippen LogP contribution in [0.5, 0.6) is 0 Å². The van der Waals surface area contributed by atoms with Crippen LogP contribution in [0.4, 0.5) is 0 Å². The summed E-state index contributed by atoms with van der Waals surface area (Å²) in [6.45, 7) is 7.31. The van der Waals surface area contributed by atoms with Gasteiger partial charge >= 0.3 is 0 Å². The molecule has 0 bridgehead atoms. The third-order valence-electron chi connectivity index (χ3n) is 1.33. The number of hydrogen-bond acceptors (Lipinski definition) is 1. The maximum Gasteiger partial charge on any atom is 0.126 e. The van der Waals surface area contributed by atoms with Gasteiger partial charge < -0.3 is 4.79 Å². The molecule has 0 aromatic heterocycles. The third-order valence-corrected chi connectivity index (χ3v) is 1.33. The molecule has 19 heavy (non-hydrogen) atoms. The Morgan fingerprint density at radius 1 is 0.579 bits per heavy atom. The predicted octanol–water partition coefficient (Wildman–Crippen LogP) is 5.38. The molecule has 2 aromatic carbocycles. The number of carbonyl (C=O) groups is 1. The van der Waals surface area contributed by atoms with Crippen molar-refractivity contribution >= 4 is 5.78 Å². The van der Waals surface area contributed by atoms with Crippen LogP contribution in [0, 0.1) is 0 Å². The first-order chi connectivity index (χ1) is 9.15. The van der Waals surface area contributed by atoms with E-state index in [1.54, 1.807) is 0 Å². The summed E-state index contributed by atoms with van der Waals surface area (Å²) in [6, 6.07) is 24.0. The Labute approximate surface area is 118 Å². The fraction of sp³-hybridized carbons (Fsp3) is 0.278. The first kappa shape index (κ1) is 19.4. The van der Waals surface area contributed by atoms with Gasteiger partial charge in [-0.2, -0.15) is 0 Å². The highest BCUT2D eigenvalue weighted by Crippen LogP contribution is 1.80. The van der Waals surface area contributed by atoms with E-state index in [0.717, 1.165) is 0 Å². The van der Waals surface area contributed by atoms with Crippen molar-refractivity contribution < 1.29 is 4.79 Å². The zero-order chi connectivity index (χ0) is 14.8. The third kappa shape index (κ3) is 31.4. The Hall–Kier alpha value is -1.89. The molecule has 0 fully saturated rings. The molecule has 0 unspecified atom stereocenters. The lowest BCUT2D eigenvalue weighted by molar-refractivity contribution is -0.114. The molecule has 0 radical (unpaired) electrons. The van der Waals surface area contributed by atoms with E-state index in [0.29, 0.717) is 0 Å². The fourth-order valence-corrected chi connectivity index (χ4v) is 0.770. The molecule has 1 nitrogen and oxygen atoms in total. The molecule has 0 aliphatic carbocycles. The second-order valence-corrected chi connectivity index (χ2v) is 3.92. The smallest absolute Gasteiger partial charge is 0.126 e. The molecular formula is C18H26O. The van der Waals surface area contributed by atoms with E-state index in [1.165, 1.54) is 20.3 Å². The second-order valence-electron chi connectivity index (χ2n) is 3.92. The van der Waals surface area contributed by atoms with Crippen LogP contribution in [-0.4, -0.2) is 5.78 Å². The van der Waals surface area contributed by atoms with Gasteiger partial charge in [0.15, 0.2) is 0 Å². The van der Waals surface area contributed by atoms with Crippen molar-refractivity contribution in [2.75, 3.05) is 0 Å². The van der Waals surface area contributed by atoms with Crippen molar-refractivity contribution in [3.63, 3.8) is 0 Å². The Morgan fingerprint density at radius 2 is 0.632 bits per heavy atom. The Bertz CT molecular complexity index is 265. The lowest BCUT2D eigenvalue weighted by Gasteiger charge is -1.69. The predicted molar refractivity (Wildman–Crippen MR) is 85.2 cm³/mol. The Kier molecular flexibility index (Phi) is 18.9. The van der Waals surface area contributed by atoms with E-state index in [2.05, 4.69) is 13.8 Å². The van der Waals surface area contributed by atoms with Crippen molar-refractivity contribution in [3.8, 4) is 0 Å². The molecule has 1 heteroatoms. The summed E-state index contributed by atoms with van der Waals surface area (Å²) in [5.41, 5.74) is 0. The number of benzene rings is 2. The van der Waals surface area contributed by atoms with Crippen molar-refractivity contribution in [3.05, 3.63) is 72.8 Å². The number of carbonyl (C=O) groups excluding carboxylic acids is 1. The van der Waals surface area contributed by atoms with Gasteiger partial charge in [-0.25, -0.2) is 0 Å². The first-order valence-electron chi connectivity index (χ1n) is 6.62. The van der Waals surface area contributed by atoms with Gasteiger partial charge in [-0.15, -0.1) is 0 Å². The van der Waals surface area contributed by atoms with Crippen molar-refractivity contribution in [1.82, 2.24) is 0 Å². The summed E-state index contributed by atoms with van der Waals surface area (Å²) < 4.78 is 0. The lowest BCUT2D eigenvalue weighted by Crippen LogP contribution is -1.69. The van der Waals surface area contributed by atoms with Crippen LogP contribution >= 0.6 is 0 Å². The molecule has 0 N–H and O–H groups in total. The summed E-state index contributed by atoms with van der Waals surface area (Å²) in [6.07, 6.45) is 1.25. The van der Waals surface area contributed by atoms with Gasteiger partial charge in [-0.05, 0) is 13.8 Å². The fourth-order valence-electron chi connectivity index (χ4n) is 0.770. The van der Waals surface area contributed by atoms with Crippen LogP contribution in [0.1, 0.15) is 34.1 Å². The van der Waals surface area contributed by atoms with Crippen LogP contribution in [0.2, 0.25) is 0 Å². The maximum atomic E-state index is 9.44. The lowest BCUT2D eigenvalue weighted by atomic mass is 10.4. The topological polar surface area (TPSA) is 17.1 Å². The van der Waals surface area contributed by atoms with Gasteiger partial charge in [0.25, 0.3) is 0 Å². The van der Waals surface area contributed by atoms with Crippen LogP contribution in [0.3, 0.4) is 0 Å². The van der Waals surface area contributed by atoms with Crippen LogP contribution < -0.4 is 0 Å². The van der Waals surface area contributed by atoms with E-state index in [-0.39, 0.29) is 5.78 Å². The highest BCUT2D eigenvalue weighted by molar-refractivity contribution is 5.72. The number of Topliss-reactive ketones (excluding diaryl/α,β-unsaturated/α-hetero) is 1. The molecule has 0 aliphatic heterocycles. The summed E-state index contributed by atoms with van der Waals surface area (Å²) in [7, 11) is 0. The molecule has 0 amide bonds. The maximum absolute atomic E-state index is 9.44. The highest BCUT2D eigenvalue weighted by atomic mass is 16.1. The van der Waals surface area contributed by atoms with Crippen molar-refractivity contribution in [2.24, 2.45) is 0 Å². The van der Waals surface area contributed by atoms with Crippen molar-refractivity contribution in [1.29, 1.82) is 0 Å². The molecule has 104 valence electrons. The molecule has 0 atom stereocenters. The van der Waals surface area contributed by atoms with E-state index in [4.69, 9.17) is 0 Å². The van der Waals surface area contributed by atoms with Gasteiger partial charge in [0.2, 0.25) is 0 Å². The van der Waals surface area contributed by atoms with Gasteiger partial charge in [0, 0.05) is 0 Å². The summed E-state index contributed by atoms with van der Waals surface area (Å²) >= 11 is 0. The molecule has 2 rings (SSSR count). The van der Waals surface area contributed by atoms with Gasteiger partial charge in [-0.3, -0.25) is 0 Å². The van der Waals surface area contributed by atoms with E-state index in [1.807, 2.05) is 72.8 Å². The van der Waals surface area contributed by atoms with E-state index in [9.17, 15) is 4.79 Å². The molecule has 2 aromatic rings. The number of hydrogen-bond donors (Lipinski definition) is 0. The summed E-state index contributed by atoms with van der Waals surface area (Å²) in [4.78, 5) is 9.44. The van der Waals surface area contributed by atoms with Gasteiger partial charge in [0.05, 0.1) is 0 Å². The highest BCUT2D eigenvalue weighted by Gasteiger charge is 1.62. The molecule has 0 saturated heterocycles. The largest absolute Gasteiger partial charge is 0.300 e. The summed E-state index contributed by atoms with van der Waals surface area (Å²) in [5.74, 6) is 0.167. The van der Waals surface area contributed by atoms with Gasteiger partial charge in [-0.1, -0.05) is 93.1 Å². The zero-order valence-corrected chi connectivity index (χ0v) is 12.5. The SMILES string of the molecule is CC(C)=O.CCC.c1ccccc1.c1ccccc1. The molecule has 0 saturated carbocycles. The summed E-state index contributed by atoms with van der Waals surface area (Å²) in [5, 5.41) is 0. The van der Waals surface area contributed by atoms with Crippen molar-refractivity contribution in [2.45, 2.75) is 34.1 Å². The average Bonchev–Trinajstić information content (AvgIpc) is 2.44. The monoisotopic (exact) mass is 258 g/mol. The Balaban J connectivity index is 0.